The molecule has 0 unspecified atom stereocenters. The van der Waals surface area contributed by atoms with E-state index in [9.17, 15) is 4.79 Å². The first-order chi connectivity index (χ1) is 11.7. The van der Waals surface area contributed by atoms with Crippen LogP contribution < -0.4 is 5.32 Å². The number of aryl methyl sites for hydroxylation is 2. The minimum atomic E-state index is -0.0173. The molecule has 1 N–H and O–H groups in total. The van der Waals surface area contributed by atoms with Gasteiger partial charge in [0, 0.05) is 36.5 Å². The molecule has 0 radical (unpaired) electrons. The molecule has 0 saturated carbocycles. The molecule has 0 saturated heterocycles. The summed E-state index contributed by atoms with van der Waals surface area (Å²) < 4.78 is 5.22. The van der Waals surface area contributed by atoms with Crippen molar-refractivity contribution in [2.75, 3.05) is 5.32 Å². The second-order valence-corrected chi connectivity index (χ2v) is 5.47. The molecule has 122 valence electrons. The average Bonchev–Trinajstić information content (AvgIpc) is 3.07. The summed E-state index contributed by atoms with van der Waals surface area (Å²) in [6, 6.07) is 11.4. The van der Waals surface area contributed by atoms with Crippen molar-refractivity contribution in [1.29, 1.82) is 0 Å². The lowest BCUT2D eigenvalue weighted by molar-refractivity contribution is -0.116. The Balaban J connectivity index is 1.49. The van der Waals surface area contributed by atoms with Crippen molar-refractivity contribution in [1.82, 2.24) is 15.1 Å². The van der Waals surface area contributed by atoms with E-state index in [0.29, 0.717) is 31.0 Å². The zero-order chi connectivity index (χ0) is 16.8. The minimum absolute atomic E-state index is 0.0173. The molecule has 0 bridgehead atoms. The lowest BCUT2D eigenvalue weighted by Crippen LogP contribution is -2.12. The van der Waals surface area contributed by atoms with Crippen molar-refractivity contribution in [3.05, 3.63) is 60.2 Å². The number of carbonyl (C=O) groups is 1. The predicted molar refractivity (Wildman–Crippen MR) is 90.3 cm³/mol. The maximum atomic E-state index is 12.0. The fraction of sp³-hybridized carbons (Fsp3) is 0.222. The van der Waals surface area contributed by atoms with E-state index in [1.807, 2.05) is 43.3 Å². The summed E-state index contributed by atoms with van der Waals surface area (Å²) in [4.78, 5) is 20.3. The van der Waals surface area contributed by atoms with Crippen LogP contribution in [0.15, 0.2) is 53.3 Å². The second kappa shape index (κ2) is 7.50. The van der Waals surface area contributed by atoms with Gasteiger partial charge in [-0.1, -0.05) is 23.4 Å². The van der Waals surface area contributed by atoms with E-state index < -0.39 is 0 Å². The number of para-hydroxylation sites is 1. The SMILES string of the molecule is Cc1ccccc1NC(=O)CCCc1nc(-c2cccnc2)no1. The highest BCUT2D eigenvalue weighted by molar-refractivity contribution is 5.91. The molecule has 0 atom stereocenters. The van der Waals surface area contributed by atoms with Crippen LogP contribution in [0.4, 0.5) is 5.69 Å². The molecular weight excluding hydrogens is 304 g/mol. The van der Waals surface area contributed by atoms with E-state index in [-0.39, 0.29) is 5.91 Å². The van der Waals surface area contributed by atoms with Crippen molar-refractivity contribution >= 4 is 11.6 Å². The number of aromatic nitrogens is 3. The van der Waals surface area contributed by atoms with Gasteiger partial charge >= 0.3 is 0 Å². The summed E-state index contributed by atoms with van der Waals surface area (Å²) in [6.45, 7) is 1.97. The Kier molecular flexibility index (Phi) is 4.96. The largest absolute Gasteiger partial charge is 0.339 e. The van der Waals surface area contributed by atoms with E-state index in [1.165, 1.54) is 0 Å². The highest BCUT2D eigenvalue weighted by Crippen LogP contribution is 2.16. The Bertz CT molecular complexity index is 815. The number of anilines is 1. The quantitative estimate of drug-likeness (QED) is 0.752. The normalized spacial score (nSPS) is 10.5. The third kappa shape index (κ3) is 4.04. The van der Waals surface area contributed by atoms with Gasteiger partial charge in [0.25, 0.3) is 0 Å². The summed E-state index contributed by atoms with van der Waals surface area (Å²) in [6.07, 6.45) is 4.99. The first-order valence-electron chi connectivity index (χ1n) is 7.81. The second-order valence-electron chi connectivity index (χ2n) is 5.47. The molecule has 0 aliphatic rings. The van der Waals surface area contributed by atoms with Crippen LogP contribution in [0.3, 0.4) is 0 Å². The van der Waals surface area contributed by atoms with Crippen molar-refractivity contribution in [3.63, 3.8) is 0 Å². The number of rotatable bonds is 6. The number of nitrogens with one attached hydrogen (secondary N) is 1. The van der Waals surface area contributed by atoms with Gasteiger partial charge in [0.1, 0.15) is 0 Å². The molecule has 2 aromatic heterocycles. The summed E-state index contributed by atoms with van der Waals surface area (Å²) in [5, 5.41) is 6.85. The summed E-state index contributed by atoms with van der Waals surface area (Å²) >= 11 is 0. The van der Waals surface area contributed by atoms with E-state index in [0.717, 1.165) is 16.8 Å². The van der Waals surface area contributed by atoms with Gasteiger partial charge in [-0.05, 0) is 37.1 Å². The van der Waals surface area contributed by atoms with Crippen LogP contribution >= 0.6 is 0 Å². The lowest BCUT2D eigenvalue weighted by Gasteiger charge is -2.07. The van der Waals surface area contributed by atoms with Gasteiger partial charge in [0.15, 0.2) is 0 Å². The third-order valence-corrected chi connectivity index (χ3v) is 3.60. The van der Waals surface area contributed by atoms with Crippen LogP contribution in [0, 0.1) is 6.92 Å². The van der Waals surface area contributed by atoms with Crippen LogP contribution in [0.25, 0.3) is 11.4 Å². The molecule has 0 spiro atoms. The van der Waals surface area contributed by atoms with Gasteiger partial charge in [0.05, 0.1) is 0 Å². The van der Waals surface area contributed by atoms with Gasteiger partial charge in [-0.3, -0.25) is 9.78 Å². The molecule has 0 aliphatic heterocycles. The number of carbonyl (C=O) groups excluding carboxylic acids is 1. The standard InChI is InChI=1S/C18H18N4O2/c1-13-6-2-3-8-15(13)20-16(23)9-4-10-17-21-18(22-24-17)14-7-5-11-19-12-14/h2-3,5-8,11-12H,4,9-10H2,1H3,(H,20,23). The zero-order valence-electron chi connectivity index (χ0n) is 13.4. The topological polar surface area (TPSA) is 80.9 Å². The van der Waals surface area contributed by atoms with Gasteiger partial charge < -0.3 is 9.84 Å². The Hall–Kier alpha value is -3.02. The molecule has 6 heteroatoms. The molecule has 3 aromatic rings. The van der Waals surface area contributed by atoms with E-state index >= 15 is 0 Å². The number of pyridine rings is 1. The molecule has 0 aliphatic carbocycles. The van der Waals surface area contributed by atoms with Crippen molar-refractivity contribution in [2.45, 2.75) is 26.2 Å². The smallest absolute Gasteiger partial charge is 0.226 e. The minimum Gasteiger partial charge on any atom is -0.339 e. The Morgan fingerprint density at radius 1 is 1.21 bits per heavy atom. The van der Waals surface area contributed by atoms with E-state index in [4.69, 9.17) is 4.52 Å². The predicted octanol–water partition coefficient (Wildman–Crippen LogP) is 3.40. The van der Waals surface area contributed by atoms with Crippen LogP contribution in [0.2, 0.25) is 0 Å². The molecular formula is C18H18N4O2. The van der Waals surface area contributed by atoms with E-state index in [2.05, 4.69) is 20.4 Å². The van der Waals surface area contributed by atoms with Gasteiger partial charge in [-0.25, -0.2) is 0 Å². The summed E-state index contributed by atoms with van der Waals surface area (Å²) in [5.41, 5.74) is 2.70. The highest BCUT2D eigenvalue weighted by atomic mass is 16.5. The number of benzene rings is 1. The molecule has 2 heterocycles. The summed E-state index contributed by atoms with van der Waals surface area (Å²) in [7, 11) is 0. The van der Waals surface area contributed by atoms with Gasteiger partial charge in [0.2, 0.25) is 17.6 Å². The monoisotopic (exact) mass is 322 g/mol. The lowest BCUT2D eigenvalue weighted by atomic mass is 10.2. The Labute approximate surface area is 139 Å². The molecule has 1 aromatic carbocycles. The molecule has 6 nitrogen and oxygen atoms in total. The summed E-state index contributed by atoms with van der Waals surface area (Å²) in [5.74, 6) is 1.02. The maximum absolute atomic E-state index is 12.0. The Morgan fingerprint density at radius 3 is 2.88 bits per heavy atom. The van der Waals surface area contributed by atoms with Crippen molar-refractivity contribution < 1.29 is 9.32 Å². The molecule has 3 rings (SSSR count). The van der Waals surface area contributed by atoms with Crippen LogP contribution in [-0.2, 0) is 11.2 Å². The first-order valence-corrected chi connectivity index (χ1v) is 7.81. The third-order valence-electron chi connectivity index (χ3n) is 3.60. The van der Waals surface area contributed by atoms with Gasteiger partial charge in [-0.2, -0.15) is 4.98 Å². The number of hydrogen-bond acceptors (Lipinski definition) is 5. The van der Waals surface area contributed by atoms with Crippen LogP contribution in [-0.4, -0.2) is 21.0 Å². The van der Waals surface area contributed by atoms with Crippen LogP contribution in [0.5, 0.6) is 0 Å². The Morgan fingerprint density at radius 2 is 2.08 bits per heavy atom. The number of amides is 1. The van der Waals surface area contributed by atoms with E-state index in [1.54, 1.807) is 12.4 Å². The number of hydrogen-bond donors (Lipinski definition) is 1. The molecule has 0 fully saturated rings. The number of nitrogens with zero attached hydrogens (tertiary/aromatic N) is 3. The van der Waals surface area contributed by atoms with Gasteiger partial charge in [-0.15, -0.1) is 0 Å². The first kappa shape index (κ1) is 15.9. The maximum Gasteiger partial charge on any atom is 0.226 e. The average molecular weight is 322 g/mol. The van der Waals surface area contributed by atoms with Crippen LogP contribution in [0.1, 0.15) is 24.3 Å². The van der Waals surface area contributed by atoms with Crippen molar-refractivity contribution in [3.8, 4) is 11.4 Å². The molecule has 1 amide bonds. The molecule has 24 heavy (non-hydrogen) atoms. The van der Waals surface area contributed by atoms with Crippen molar-refractivity contribution in [2.24, 2.45) is 0 Å². The zero-order valence-corrected chi connectivity index (χ0v) is 13.4. The fourth-order valence-electron chi connectivity index (χ4n) is 2.29. The fourth-order valence-corrected chi connectivity index (χ4v) is 2.29. The highest BCUT2D eigenvalue weighted by Gasteiger charge is 2.10.